The van der Waals surface area contributed by atoms with Crippen molar-refractivity contribution in [3.8, 4) is 11.5 Å². The third-order valence-corrected chi connectivity index (χ3v) is 2.42. The van der Waals surface area contributed by atoms with Gasteiger partial charge in [-0.15, -0.1) is 0 Å². The fraction of sp³-hybridized carbons (Fsp3) is 0.400. The minimum absolute atomic E-state index is 0.146. The summed E-state index contributed by atoms with van der Waals surface area (Å²) >= 11 is -2.20. The highest BCUT2D eigenvalue weighted by atomic mass is 32.2. The van der Waals surface area contributed by atoms with Crippen LogP contribution in [0.1, 0.15) is 12.0 Å². The number of nitrogens with one attached hydrogen (secondary N) is 1. The van der Waals surface area contributed by atoms with Crippen molar-refractivity contribution in [2.24, 2.45) is 0 Å². The van der Waals surface area contributed by atoms with Crippen molar-refractivity contribution in [2.75, 3.05) is 13.2 Å². The molecule has 1 atom stereocenters. The quantitative estimate of drug-likeness (QED) is 0.328. The number of phenolic OH excluding ortho intramolecular Hbond substituents is 2. The minimum Gasteiger partial charge on any atom is -0.504 e. The topological polar surface area (TPSA) is 99.0 Å². The molecule has 17 heavy (non-hydrogen) atoms. The lowest BCUT2D eigenvalue weighted by molar-refractivity contribution is 0.299. The van der Waals surface area contributed by atoms with Gasteiger partial charge in [-0.3, -0.25) is 8.74 Å². The van der Waals surface area contributed by atoms with Gasteiger partial charge in [0, 0.05) is 6.54 Å². The third kappa shape index (κ3) is 5.64. The molecule has 0 amide bonds. The van der Waals surface area contributed by atoms with Gasteiger partial charge in [0.1, 0.15) is 0 Å². The summed E-state index contributed by atoms with van der Waals surface area (Å²) in [7, 11) is 0. The number of aromatic hydroxyl groups is 2. The lowest BCUT2D eigenvalue weighted by atomic mass is 10.2. The van der Waals surface area contributed by atoms with E-state index in [1.54, 1.807) is 6.07 Å². The Balaban J connectivity index is 2.18. The van der Waals surface area contributed by atoms with E-state index in [0.717, 1.165) is 5.56 Å². The third-order valence-electron chi connectivity index (χ3n) is 2.05. The predicted molar refractivity (Wildman–Crippen MR) is 62.8 cm³/mol. The summed E-state index contributed by atoms with van der Waals surface area (Å²) in [5, 5.41) is 21.4. The summed E-state index contributed by atoms with van der Waals surface area (Å²) in [6.07, 6.45) is 0.608. The van der Waals surface area contributed by atoms with Crippen LogP contribution in [0, 0.1) is 0 Å². The summed E-state index contributed by atoms with van der Waals surface area (Å²) in [6.45, 7) is 1.37. The average molecular weight is 261 g/mol. The van der Waals surface area contributed by atoms with Gasteiger partial charge in [0.25, 0.3) is 0 Å². The molecular weight excluding hydrogens is 246 g/mol. The predicted octanol–water partition coefficient (Wildman–Crippen LogP) is 0.731. The van der Waals surface area contributed by atoms with Gasteiger partial charge in [-0.1, -0.05) is 6.07 Å². The van der Waals surface area contributed by atoms with E-state index in [4.69, 9.17) is 9.66 Å². The maximum atomic E-state index is 10.1. The summed E-state index contributed by atoms with van der Waals surface area (Å²) in [4.78, 5) is 0. The molecule has 0 saturated heterocycles. The Hall–Kier alpha value is -1.15. The lowest BCUT2D eigenvalue weighted by Crippen LogP contribution is -2.16. The molecule has 0 bridgehead atoms. The van der Waals surface area contributed by atoms with E-state index in [1.165, 1.54) is 12.1 Å². The van der Waals surface area contributed by atoms with Crippen LogP contribution in [-0.2, 0) is 22.1 Å². The van der Waals surface area contributed by atoms with Crippen LogP contribution in [0.25, 0.3) is 0 Å². The molecule has 1 unspecified atom stereocenters. The molecule has 0 spiro atoms. The molecule has 96 valence electrons. The van der Waals surface area contributed by atoms with Crippen LogP contribution >= 0.6 is 0 Å². The summed E-state index contributed by atoms with van der Waals surface area (Å²) in [5.41, 5.74) is 0.840. The fourth-order valence-electron chi connectivity index (χ4n) is 1.24. The van der Waals surface area contributed by atoms with Crippen LogP contribution in [0.2, 0.25) is 0 Å². The Morgan fingerprint density at radius 2 is 2.06 bits per heavy atom. The van der Waals surface area contributed by atoms with E-state index in [9.17, 15) is 9.32 Å². The van der Waals surface area contributed by atoms with Crippen LogP contribution < -0.4 is 5.32 Å². The van der Waals surface area contributed by atoms with E-state index < -0.39 is 11.4 Å². The largest absolute Gasteiger partial charge is 0.504 e. The smallest absolute Gasteiger partial charge is 0.301 e. The van der Waals surface area contributed by atoms with E-state index >= 15 is 0 Å². The van der Waals surface area contributed by atoms with E-state index in [1.807, 2.05) is 0 Å². The first-order chi connectivity index (χ1) is 8.09. The molecule has 0 saturated carbocycles. The second kappa shape index (κ2) is 7.23. The van der Waals surface area contributed by atoms with Gasteiger partial charge in [0.2, 0.25) is 0 Å². The Kier molecular flexibility index (Phi) is 5.92. The highest BCUT2D eigenvalue weighted by molar-refractivity contribution is 7.74. The maximum absolute atomic E-state index is 10.1. The first-order valence-corrected chi connectivity index (χ1v) is 6.08. The van der Waals surface area contributed by atoms with Gasteiger partial charge in [0.15, 0.2) is 11.5 Å². The molecule has 0 aliphatic carbocycles. The minimum atomic E-state index is -2.20. The van der Waals surface area contributed by atoms with Crippen molar-refractivity contribution in [2.45, 2.75) is 13.0 Å². The monoisotopic (exact) mass is 261 g/mol. The van der Waals surface area contributed by atoms with Crippen LogP contribution in [0.5, 0.6) is 11.5 Å². The summed E-state index contributed by atoms with van der Waals surface area (Å²) in [6, 6.07) is 4.59. The fourth-order valence-corrected chi connectivity index (χ4v) is 1.50. The molecule has 1 aromatic carbocycles. The highest BCUT2D eigenvalue weighted by Gasteiger charge is 2.00. The molecule has 6 nitrogen and oxygen atoms in total. The molecule has 0 heterocycles. The first kappa shape index (κ1) is 13.9. The lowest BCUT2D eigenvalue weighted by Gasteiger charge is -2.05. The zero-order valence-corrected chi connectivity index (χ0v) is 9.94. The van der Waals surface area contributed by atoms with Gasteiger partial charge in [-0.2, -0.15) is 4.21 Å². The maximum Gasteiger partial charge on any atom is 0.301 e. The van der Waals surface area contributed by atoms with Gasteiger partial charge >= 0.3 is 11.4 Å². The Morgan fingerprint density at radius 3 is 2.71 bits per heavy atom. The van der Waals surface area contributed by atoms with Crippen LogP contribution in [-0.4, -0.2) is 32.1 Å². The molecule has 0 fully saturated rings. The molecule has 0 aliphatic rings. The second-order valence-corrected chi connectivity index (χ2v) is 4.06. The Bertz CT molecular complexity index is 385. The van der Waals surface area contributed by atoms with Gasteiger partial charge in [-0.25, -0.2) is 0 Å². The molecule has 7 heteroatoms. The standard InChI is InChI=1S/C10H15NO5S/c12-9-3-2-8(6-10(9)13)7-11-4-1-5-16-17(14)15/h2-3,6,11-13H,1,4-5,7H2,(H,14,15). The van der Waals surface area contributed by atoms with Crippen molar-refractivity contribution >= 4 is 11.4 Å². The highest BCUT2D eigenvalue weighted by Crippen LogP contribution is 2.24. The number of hydrogen-bond acceptors (Lipinski definition) is 5. The Labute approximate surface area is 102 Å². The van der Waals surface area contributed by atoms with Crippen LogP contribution in [0.4, 0.5) is 0 Å². The van der Waals surface area contributed by atoms with Crippen LogP contribution in [0.15, 0.2) is 18.2 Å². The Morgan fingerprint density at radius 1 is 1.29 bits per heavy atom. The van der Waals surface area contributed by atoms with E-state index in [0.29, 0.717) is 19.5 Å². The van der Waals surface area contributed by atoms with E-state index in [-0.39, 0.29) is 18.1 Å². The van der Waals surface area contributed by atoms with Crippen molar-refractivity contribution in [1.29, 1.82) is 0 Å². The molecule has 0 aromatic heterocycles. The molecule has 4 N–H and O–H groups in total. The van der Waals surface area contributed by atoms with Crippen molar-refractivity contribution in [1.82, 2.24) is 5.32 Å². The van der Waals surface area contributed by atoms with E-state index in [2.05, 4.69) is 9.50 Å². The first-order valence-electron chi connectivity index (χ1n) is 5.05. The zero-order valence-electron chi connectivity index (χ0n) is 9.13. The molecule has 1 aromatic rings. The molecular formula is C10H15NO5S. The van der Waals surface area contributed by atoms with Gasteiger partial charge < -0.3 is 15.5 Å². The molecule has 1 rings (SSSR count). The van der Waals surface area contributed by atoms with Gasteiger partial charge in [-0.05, 0) is 30.7 Å². The van der Waals surface area contributed by atoms with Crippen molar-refractivity contribution < 1.29 is 23.2 Å². The van der Waals surface area contributed by atoms with Crippen LogP contribution in [0.3, 0.4) is 0 Å². The molecule has 0 radical (unpaired) electrons. The normalized spacial score (nSPS) is 12.5. The SMILES string of the molecule is O=S(O)OCCCNCc1ccc(O)c(O)c1. The number of benzene rings is 1. The van der Waals surface area contributed by atoms with Crippen molar-refractivity contribution in [3.63, 3.8) is 0 Å². The summed E-state index contributed by atoms with van der Waals surface area (Å²) in [5.74, 6) is -0.295. The number of phenols is 2. The zero-order chi connectivity index (χ0) is 12.7. The number of hydrogen-bond donors (Lipinski definition) is 4. The average Bonchev–Trinajstić information content (AvgIpc) is 2.27. The summed E-state index contributed by atoms with van der Waals surface area (Å²) < 4.78 is 22.9. The van der Waals surface area contributed by atoms with Crippen molar-refractivity contribution in [3.05, 3.63) is 23.8 Å². The number of rotatable bonds is 7. The molecule has 0 aliphatic heterocycles. The van der Waals surface area contributed by atoms with Gasteiger partial charge in [0.05, 0.1) is 6.61 Å². The second-order valence-electron chi connectivity index (χ2n) is 3.39.